The van der Waals surface area contributed by atoms with Gasteiger partial charge in [0.2, 0.25) is 0 Å². The standard InChI is InChI=1S/C23H31NO/c1-8-20(24-17-12-10-9-11-13-17)18-14-16(22(2,3)4)15-19(21(18)25)23(5,6)7/h9-15,25H,8H2,1-7H3. The highest BCUT2D eigenvalue weighted by atomic mass is 16.3. The van der Waals surface area contributed by atoms with E-state index >= 15 is 0 Å². The Morgan fingerprint density at radius 1 is 0.920 bits per heavy atom. The molecule has 2 nitrogen and oxygen atoms in total. The number of hydrogen-bond donors (Lipinski definition) is 1. The van der Waals surface area contributed by atoms with E-state index in [2.05, 4.69) is 60.6 Å². The molecular weight excluding hydrogens is 306 g/mol. The Balaban J connectivity index is 2.72. The summed E-state index contributed by atoms with van der Waals surface area (Å²) in [5.74, 6) is 0.358. The predicted molar refractivity (Wildman–Crippen MR) is 108 cm³/mol. The lowest BCUT2D eigenvalue weighted by Crippen LogP contribution is -2.18. The lowest BCUT2D eigenvalue weighted by atomic mass is 9.78. The Bertz CT molecular complexity index is 759. The minimum Gasteiger partial charge on any atom is -0.507 e. The van der Waals surface area contributed by atoms with Crippen LogP contribution in [-0.2, 0) is 10.8 Å². The number of benzene rings is 2. The summed E-state index contributed by atoms with van der Waals surface area (Å²) in [6, 6.07) is 14.2. The maximum atomic E-state index is 11.0. The van der Waals surface area contributed by atoms with Crippen LogP contribution in [0.15, 0.2) is 47.5 Å². The third-order valence-corrected chi connectivity index (χ3v) is 4.45. The van der Waals surface area contributed by atoms with Gasteiger partial charge in [-0.15, -0.1) is 0 Å². The molecule has 0 aliphatic heterocycles. The van der Waals surface area contributed by atoms with Gasteiger partial charge >= 0.3 is 0 Å². The van der Waals surface area contributed by atoms with Crippen LogP contribution in [-0.4, -0.2) is 10.8 Å². The smallest absolute Gasteiger partial charge is 0.128 e. The molecule has 0 bridgehead atoms. The van der Waals surface area contributed by atoms with E-state index in [1.165, 1.54) is 5.56 Å². The van der Waals surface area contributed by atoms with Crippen molar-refractivity contribution in [3.63, 3.8) is 0 Å². The number of phenolic OH excluding ortho intramolecular Hbond substituents is 1. The number of aliphatic imine (C=N–C) groups is 1. The molecule has 134 valence electrons. The molecular formula is C23H31NO. The van der Waals surface area contributed by atoms with Crippen LogP contribution in [0.5, 0.6) is 5.75 Å². The number of phenols is 1. The molecule has 0 saturated heterocycles. The average Bonchev–Trinajstić information content (AvgIpc) is 2.52. The highest BCUT2D eigenvalue weighted by molar-refractivity contribution is 6.04. The first-order chi connectivity index (χ1) is 11.5. The Kier molecular flexibility index (Phi) is 5.41. The fourth-order valence-corrected chi connectivity index (χ4v) is 2.85. The van der Waals surface area contributed by atoms with Crippen molar-refractivity contribution < 1.29 is 5.11 Å². The van der Waals surface area contributed by atoms with Crippen molar-refractivity contribution in [1.29, 1.82) is 0 Å². The van der Waals surface area contributed by atoms with Gasteiger partial charge in [-0.05, 0) is 41.0 Å². The van der Waals surface area contributed by atoms with Crippen LogP contribution in [0.3, 0.4) is 0 Å². The molecule has 0 atom stereocenters. The summed E-state index contributed by atoms with van der Waals surface area (Å²) in [6.07, 6.45) is 0.764. The fraction of sp³-hybridized carbons (Fsp3) is 0.435. The Morgan fingerprint density at radius 2 is 1.52 bits per heavy atom. The normalized spacial score (nSPS) is 13.2. The van der Waals surface area contributed by atoms with Gasteiger partial charge in [-0.1, -0.05) is 72.7 Å². The zero-order valence-electron chi connectivity index (χ0n) is 16.6. The topological polar surface area (TPSA) is 32.6 Å². The molecule has 2 rings (SSSR count). The van der Waals surface area contributed by atoms with E-state index in [1.807, 2.05) is 30.3 Å². The van der Waals surface area contributed by atoms with Crippen molar-refractivity contribution in [1.82, 2.24) is 0 Å². The molecule has 0 aliphatic carbocycles. The molecule has 0 amide bonds. The quantitative estimate of drug-likeness (QED) is 0.635. The van der Waals surface area contributed by atoms with Crippen molar-refractivity contribution in [2.45, 2.75) is 65.7 Å². The molecule has 0 aliphatic rings. The lowest BCUT2D eigenvalue weighted by Gasteiger charge is -2.27. The molecule has 25 heavy (non-hydrogen) atoms. The molecule has 0 saturated carbocycles. The molecule has 2 aromatic carbocycles. The van der Waals surface area contributed by atoms with Gasteiger partial charge in [-0.2, -0.15) is 0 Å². The van der Waals surface area contributed by atoms with Crippen molar-refractivity contribution in [2.24, 2.45) is 4.99 Å². The first-order valence-electron chi connectivity index (χ1n) is 9.05. The molecule has 0 aromatic heterocycles. The molecule has 0 radical (unpaired) electrons. The SMILES string of the molecule is CCC(=Nc1ccccc1)c1cc(C(C)(C)C)cc(C(C)(C)C)c1O. The van der Waals surface area contributed by atoms with Gasteiger partial charge in [0, 0.05) is 11.1 Å². The van der Waals surface area contributed by atoms with E-state index in [4.69, 9.17) is 4.99 Å². The van der Waals surface area contributed by atoms with Gasteiger partial charge in [-0.3, -0.25) is 4.99 Å². The van der Waals surface area contributed by atoms with E-state index in [0.717, 1.165) is 28.9 Å². The monoisotopic (exact) mass is 337 g/mol. The molecule has 2 aromatic rings. The van der Waals surface area contributed by atoms with Crippen molar-refractivity contribution in [3.05, 3.63) is 59.2 Å². The van der Waals surface area contributed by atoms with Gasteiger partial charge in [-0.25, -0.2) is 0 Å². The molecule has 0 fully saturated rings. The van der Waals surface area contributed by atoms with Crippen LogP contribution in [0.1, 0.15) is 71.6 Å². The zero-order chi connectivity index (χ0) is 18.8. The van der Waals surface area contributed by atoms with Crippen LogP contribution in [0.2, 0.25) is 0 Å². The summed E-state index contributed by atoms with van der Waals surface area (Å²) in [7, 11) is 0. The predicted octanol–water partition coefficient (Wildman–Crippen LogP) is 6.52. The first-order valence-corrected chi connectivity index (χ1v) is 9.05. The highest BCUT2D eigenvalue weighted by Crippen LogP contribution is 2.38. The number of hydrogen-bond acceptors (Lipinski definition) is 2. The lowest BCUT2D eigenvalue weighted by molar-refractivity contribution is 0.443. The second-order valence-corrected chi connectivity index (χ2v) is 8.67. The number of aromatic hydroxyl groups is 1. The molecule has 0 spiro atoms. The third kappa shape index (κ3) is 4.50. The van der Waals surface area contributed by atoms with Crippen molar-refractivity contribution in [2.75, 3.05) is 0 Å². The largest absolute Gasteiger partial charge is 0.507 e. The summed E-state index contributed by atoms with van der Waals surface area (Å²) < 4.78 is 0. The minimum atomic E-state index is -0.133. The maximum absolute atomic E-state index is 11.0. The summed E-state index contributed by atoms with van der Waals surface area (Å²) in [5.41, 5.74) is 4.75. The summed E-state index contributed by atoms with van der Waals surface area (Å²) >= 11 is 0. The summed E-state index contributed by atoms with van der Waals surface area (Å²) in [5, 5.41) is 11.0. The number of nitrogens with zero attached hydrogens (tertiary/aromatic N) is 1. The van der Waals surface area contributed by atoms with Gasteiger partial charge in [0.1, 0.15) is 5.75 Å². The molecule has 0 unspecified atom stereocenters. The van der Waals surface area contributed by atoms with Crippen LogP contribution in [0.25, 0.3) is 0 Å². The van der Waals surface area contributed by atoms with Crippen molar-refractivity contribution >= 4 is 11.4 Å². The molecule has 0 heterocycles. The van der Waals surface area contributed by atoms with Crippen LogP contribution in [0.4, 0.5) is 5.69 Å². The fourth-order valence-electron chi connectivity index (χ4n) is 2.85. The number of para-hydroxylation sites is 1. The minimum absolute atomic E-state index is 0.00798. The van der Waals surface area contributed by atoms with Crippen LogP contribution < -0.4 is 0 Å². The van der Waals surface area contributed by atoms with E-state index in [-0.39, 0.29) is 10.8 Å². The van der Waals surface area contributed by atoms with Gasteiger partial charge < -0.3 is 5.11 Å². The summed E-state index contributed by atoms with van der Waals surface area (Å²) in [6.45, 7) is 15.1. The summed E-state index contributed by atoms with van der Waals surface area (Å²) in [4.78, 5) is 4.81. The van der Waals surface area contributed by atoms with Crippen LogP contribution >= 0.6 is 0 Å². The van der Waals surface area contributed by atoms with Crippen LogP contribution in [0, 0.1) is 0 Å². The second-order valence-electron chi connectivity index (χ2n) is 8.67. The van der Waals surface area contributed by atoms with E-state index in [9.17, 15) is 5.11 Å². The molecule has 2 heteroatoms. The number of rotatable bonds is 3. The Hall–Kier alpha value is -2.09. The second kappa shape index (κ2) is 7.03. The highest BCUT2D eigenvalue weighted by Gasteiger charge is 2.26. The van der Waals surface area contributed by atoms with E-state index in [1.54, 1.807) is 0 Å². The Morgan fingerprint density at radius 3 is 2.00 bits per heavy atom. The van der Waals surface area contributed by atoms with Gasteiger partial charge in [0.25, 0.3) is 0 Å². The van der Waals surface area contributed by atoms with Gasteiger partial charge in [0.15, 0.2) is 0 Å². The van der Waals surface area contributed by atoms with Gasteiger partial charge in [0.05, 0.1) is 11.4 Å². The first kappa shape index (κ1) is 19.2. The van der Waals surface area contributed by atoms with E-state index < -0.39 is 0 Å². The third-order valence-electron chi connectivity index (χ3n) is 4.45. The Labute approximate surface area is 152 Å². The molecule has 1 N–H and O–H groups in total. The van der Waals surface area contributed by atoms with Crippen molar-refractivity contribution in [3.8, 4) is 5.75 Å². The zero-order valence-corrected chi connectivity index (χ0v) is 16.6. The average molecular weight is 338 g/mol. The van der Waals surface area contributed by atoms with E-state index in [0.29, 0.717) is 5.75 Å². The maximum Gasteiger partial charge on any atom is 0.128 e.